The molecular formula is C28H24N2O6. The Balaban J connectivity index is 1.64. The summed E-state index contributed by atoms with van der Waals surface area (Å²) < 4.78 is 21.7. The third-order valence-electron chi connectivity index (χ3n) is 5.63. The molecule has 0 spiro atoms. The molecule has 0 aliphatic carbocycles. The minimum Gasteiger partial charge on any atom is -0.493 e. The Morgan fingerprint density at radius 2 is 1.81 bits per heavy atom. The number of benzene rings is 3. The number of para-hydroxylation sites is 1. The van der Waals surface area contributed by atoms with Crippen LogP contribution in [-0.4, -0.2) is 25.7 Å². The fourth-order valence-corrected chi connectivity index (χ4v) is 3.91. The molecule has 1 atom stereocenters. The van der Waals surface area contributed by atoms with Crippen molar-refractivity contribution in [3.8, 4) is 23.3 Å². The van der Waals surface area contributed by atoms with Crippen molar-refractivity contribution in [3.63, 3.8) is 0 Å². The number of hydrogen-bond donors (Lipinski definition) is 1. The number of nitrogens with zero attached hydrogens (tertiary/aromatic N) is 1. The number of carbonyl (C=O) groups is 2. The van der Waals surface area contributed by atoms with Gasteiger partial charge >= 0.3 is 11.9 Å². The third-order valence-corrected chi connectivity index (χ3v) is 5.63. The molecule has 1 aliphatic heterocycles. The van der Waals surface area contributed by atoms with Crippen molar-refractivity contribution in [2.75, 3.05) is 13.7 Å². The monoisotopic (exact) mass is 484 g/mol. The van der Waals surface area contributed by atoms with E-state index in [2.05, 4.69) is 6.07 Å². The Kier molecular flexibility index (Phi) is 7.21. The maximum absolute atomic E-state index is 12.9. The Bertz CT molecular complexity index is 1370. The van der Waals surface area contributed by atoms with Gasteiger partial charge in [0.15, 0.2) is 0 Å². The second-order valence-electron chi connectivity index (χ2n) is 7.97. The standard InChI is InChI=1S/C28H24N2O6/c1-3-14-34-23-7-5-4-6-21(23)28(32)35-19-12-13-20-24(15-19)36-26(30)22(16-29)25(20)17-8-10-18(11-9-17)27(31)33-2/h4-13,15,25H,3,14,30H2,1-2H3. The average molecular weight is 485 g/mol. The maximum Gasteiger partial charge on any atom is 0.347 e. The smallest absolute Gasteiger partial charge is 0.347 e. The van der Waals surface area contributed by atoms with Crippen molar-refractivity contribution >= 4 is 11.9 Å². The van der Waals surface area contributed by atoms with E-state index in [1.54, 1.807) is 66.7 Å². The highest BCUT2D eigenvalue weighted by Crippen LogP contribution is 2.43. The minimum absolute atomic E-state index is 0.0474. The van der Waals surface area contributed by atoms with E-state index in [1.165, 1.54) is 7.11 Å². The van der Waals surface area contributed by atoms with Gasteiger partial charge in [-0.2, -0.15) is 5.26 Å². The van der Waals surface area contributed by atoms with Gasteiger partial charge in [-0.1, -0.05) is 37.3 Å². The lowest BCUT2D eigenvalue weighted by Crippen LogP contribution is -2.21. The van der Waals surface area contributed by atoms with Crippen LogP contribution < -0.4 is 19.9 Å². The first-order chi connectivity index (χ1) is 17.5. The number of carbonyl (C=O) groups excluding carboxylic acids is 2. The number of rotatable bonds is 7. The molecule has 0 saturated heterocycles. The van der Waals surface area contributed by atoms with Gasteiger partial charge in [-0.25, -0.2) is 9.59 Å². The van der Waals surface area contributed by atoms with E-state index in [9.17, 15) is 14.9 Å². The summed E-state index contributed by atoms with van der Waals surface area (Å²) in [7, 11) is 1.31. The van der Waals surface area contributed by atoms with Crippen molar-refractivity contribution in [2.45, 2.75) is 19.3 Å². The fourth-order valence-electron chi connectivity index (χ4n) is 3.91. The maximum atomic E-state index is 12.9. The zero-order chi connectivity index (χ0) is 25.7. The van der Waals surface area contributed by atoms with Crippen molar-refractivity contribution in [1.29, 1.82) is 5.26 Å². The van der Waals surface area contributed by atoms with E-state index < -0.39 is 17.9 Å². The molecule has 1 heterocycles. The number of nitrogens with two attached hydrogens (primary N) is 1. The predicted octanol–water partition coefficient (Wildman–Crippen LogP) is 4.70. The Morgan fingerprint density at radius 1 is 1.06 bits per heavy atom. The van der Waals surface area contributed by atoms with Crippen LogP contribution in [0.5, 0.6) is 17.2 Å². The first-order valence-electron chi connectivity index (χ1n) is 11.3. The van der Waals surface area contributed by atoms with Gasteiger partial charge in [0.25, 0.3) is 0 Å². The van der Waals surface area contributed by atoms with E-state index in [-0.39, 0.29) is 17.2 Å². The first kappa shape index (κ1) is 24.4. The molecule has 3 aromatic carbocycles. The molecule has 0 amide bonds. The zero-order valence-corrected chi connectivity index (χ0v) is 19.8. The van der Waals surface area contributed by atoms with E-state index in [1.807, 2.05) is 6.92 Å². The fraction of sp³-hybridized carbons (Fsp3) is 0.179. The summed E-state index contributed by atoms with van der Waals surface area (Å²) in [5, 5.41) is 9.76. The van der Waals surface area contributed by atoms with E-state index >= 15 is 0 Å². The summed E-state index contributed by atoms with van der Waals surface area (Å²) in [6.45, 7) is 2.46. The summed E-state index contributed by atoms with van der Waals surface area (Å²) in [6.07, 6.45) is 0.803. The second kappa shape index (κ2) is 10.7. The van der Waals surface area contributed by atoms with Crippen LogP contribution in [0.2, 0.25) is 0 Å². The van der Waals surface area contributed by atoms with Gasteiger partial charge in [0.05, 0.1) is 25.2 Å². The summed E-state index contributed by atoms with van der Waals surface area (Å²) in [5.74, 6) is -0.565. The highest BCUT2D eigenvalue weighted by atomic mass is 16.5. The third kappa shape index (κ3) is 4.86. The Labute approximate surface area is 208 Å². The summed E-state index contributed by atoms with van der Waals surface area (Å²) in [6, 6.07) is 20.6. The predicted molar refractivity (Wildman–Crippen MR) is 131 cm³/mol. The molecule has 3 aromatic rings. The first-order valence-corrected chi connectivity index (χ1v) is 11.3. The molecule has 182 valence electrons. The Hall–Kier alpha value is -4.77. The summed E-state index contributed by atoms with van der Waals surface area (Å²) >= 11 is 0. The number of nitriles is 1. The van der Waals surface area contributed by atoms with Gasteiger partial charge < -0.3 is 24.7 Å². The number of ether oxygens (including phenoxy) is 4. The van der Waals surface area contributed by atoms with Gasteiger partial charge in [0.1, 0.15) is 34.5 Å². The largest absolute Gasteiger partial charge is 0.493 e. The van der Waals surface area contributed by atoms with E-state index in [0.29, 0.717) is 34.8 Å². The summed E-state index contributed by atoms with van der Waals surface area (Å²) in [4.78, 5) is 24.7. The Morgan fingerprint density at radius 3 is 2.50 bits per heavy atom. The van der Waals surface area contributed by atoms with Crippen LogP contribution in [0, 0.1) is 11.3 Å². The lowest BCUT2D eigenvalue weighted by molar-refractivity contribution is 0.0600. The minimum atomic E-state index is -0.575. The number of hydrogen-bond acceptors (Lipinski definition) is 8. The molecule has 0 fully saturated rings. The van der Waals surface area contributed by atoms with Crippen molar-refractivity contribution in [1.82, 2.24) is 0 Å². The van der Waals surface area contributed by atoms with Gasteiger partial charge in [0, 0.05) is 11.6 Å². The number of methoxy groups -OCH3 is 1. The molecule has 2 N–H and O–H groups in total. The van der Waals surface area contributed by atoms with Crippen LogP contribution in [-0.2, 0) is 4.74 Å². The molecular weight excluding hydrogens is 460 g/mol. The molecule has 8 nitrogen and oxygen atoms in total. The lowest BCUT2D eigenvalue weighted by Gasteiger charge is -2.26. The topological polar surface area (TPSA) is 121 Å². The molecule has 1 aliphatic rings. The second-order valence-corrected chi connectivity index (χ2v) is 7.97. The van der Waals surface area contributed by atoms with Gasteiger partial charge in [-0.15, -0.1) is 0 Å². The van der Waals surface area contributed by atoms with Gasteiger partial charge in [-0.3, -0.25) is 0 Å². The molecule has 0 radical (unpaired) electrons. The normalized spacial score (nSPS) is 14.2. The van der Waals surface area contributed by atoms with Crippen LogP contribution in [0.3, 0.4) is 0 Å². The highest BCUT2D eigenvalue weighted by molar-refractivity contribution is 5.94. The van der Waals surface area contributed by atoms with E-state index in [0.717, 1.165) is 12.0 Å². The van der Waals surface area contributed by atoms with Crippen LogP contribution >= 0.6 is 0 Å². The van der Waals surface area contributed by atoms with E-state index in [4.69, 9.17) is 24.7 Å². The summed E-state index contributed by atoms with van der Waals surface area (Å²) in [5.41, 5.74) is 8.40. The molecule has 36 heavy (non-hydrogen) atoms. The highest BCUT2D eigenvalue weighted by Gasteiger charge is 2.31. The molecule has 0 saturated carbocycles. The average Bonchev–Trinajstić information content (AvgIpc) is 2.90. The zero-order valence-electron chi connectivity index (χ0n) is 19.8. The van der Waals surface area contributed by atoms with Crippen molar-refractivity contribution < 1.29 is 28.5 Å². The lowest BCUT2D eigenvalue weighted by atomic mass is 9.83. The van der Waals surface area contributed by atoms with Crippen LogP contribution in [0.4, 0.5) is 0 Å². The molecule has 1 unspecified atom stereocenters. The van der Waals surface area contributed by atoms with Gasteiger partial charge in [0.2, 0.25) is 5.88 Å². The van der Waals surface area contributed by atoms with Crippen LogP contribution in [0.25, 0.3) is 0 Å². The van der Waals surface area contributed by atoms with Crippen molar-refractivity contribution in [2.24, 2.45) is 5.73 Å². The number of esters is 2. The molecule has 0 bridgehead atoms. The van der Waals surface area contributed by atoms with Crippen LogP contribution in [0.15, 0.2) is 78.2 Å². The molecule has 8 heteroatoms. The quantitative estimate of drug-likeness (QED) is 0.378. The number of fused-ring (bicyclic) bond motifs is 1. The molecule has 4 rings (SSSR count). The SMILES string of the molecule is CCCOc1ccccc1C(=O)Oc1ccc2c(c1)OC(N)=C(C#N)C2c1ccc(C(=O)OC)cc1. The van der Waals surface area contributed by atoms with Crippen LogP contribution in [0.1, 0.15) is 51.1 Å². The number of allylic oxidation sites excluding steroid dienone is 1. The van der Waals surface area contributed by atoms with Gasteiger partial charge in [-0.05, 0) is 42.3 Å². The molecule has 0 aromatic heterocycles. The van der Waals surface area contributed by atoms with Crippen molar-refractivity contribution in [3.05, 3.63) is 100 Å².